The molecule has 36 heavy (non-hydrogen) atoms. The molecular weight excluding hydrogens is 460 g/mol. The number of dihydropyridines is 1. The molecule has 1 amide bonds. The summed E-state index contributed by atoms with van der Waals surface area (Å²) in [5, 5.41) is 16.2. The third-order valence-corrected chi connectivity index (χ3v) is 7.04. The number of para-hydroxylation sites is 1. The maximum absolute atomic E-state index is 13.7. The van der Waals surface area contributed by atoms with Crippen molar-refractivity contribution in [2.75, 3.05) is 13.7 Å². The number of hydrogen-bond acceptors (Lipinski definition) is 7. The minimum Gasteiger partial charge on any atom is -0.508 e. The van der Waals surface area contributed by atoms with Crippen molar-refractivity contribution in [3.05, 3.63) is 82.2 Å². The molecule has 3 N–H and O–H groups in total. The molecule has 0 bridgehead atoms. The van der Waals surface area contributed by atoms with Crippen LogP contribution in [0.15, 0.2) is 71.1 Å². The van der Waals surface area contributed by atoms with Gasteiger partial charge in [0.05, 0.1) is 25.6 Å². The van der Waals surface area contributed by atoms with Gasteiger partial charge in [0.15, 0.2) is 5.78 Å². The van der Waals surface area contributed by atoms with Crippen LogP contribution in [-0.2, 0) is 19.1 Å². The predicted molar refractivity (Wildman–Crippen MR) is 131 cm³/mol. The second kappa shape index (κ2) is 9.53. The Kier molecular flexibility index (Phi) is 6.26. The number of phenolic OH excluding ortho intramolecular Hbond substituents is 1. The van der Waals surface area contributed by atoms with Crippen LogP contribution in [-0.4, -0.2) is 42.5 Å². The van der Waals surface area contributed by atoms with Gasteiger partial charge in [-0.15, -0.1) is 0 Å². The fourth-order valence-corrected chi connectivity index (χ4v) is 5.45. The lowest BCUT2D eigenvalue weighted by atomic mass is 9.71. The van der Waals surface area contributed by atoms with Gasteiger partial charge in [-0.1, -0.05) is 30.3 Å². The third-order valence-electron chi connectivity index (χ3n) is 7.04. The van der Waals surface area contributed by atoms with E-state index in [-0.39, 0.29) is 42.7 Å². The largest absolute Gasteiger partial charge is 0.508 e. The van der Waals surface area contributed by atoms with Gasteiger partial charge in [0.25, 0.3) is 0 Å². The number of esters is 1. The first-order valence-electron chi connectivity index (χ1n) is 12.0. The normalized spacial score (nSPS) is 23.7. The lowest BCUT2D eigenvalue weighted by Gasteiger charge is -2.37. The van der Waals surface area contributed by atoms with Crippen LogP contribution in [0.4, 0.5) is 0 Å². The van der Waals surface area contributed by atoms with Crippen molar-refractivity contribution in [3.8, 4) is 11.5 Å². The molecule has 0 aromatic heterocycles. The molecule has 1 fully saturated rings. The lowest BCUT2D eigenvalue weighted by molar-refractivity contribution is -0.144. The van der Waals surface area contributed by atoms with Crippen molar-refractivity contribution in [1.82, 2.24) is 10.6 Å². The van der Waals surface area contributed by atoms with Crippen LogP contribution >= 0.6 is 0 Å². The number of hydrogen-bond donors (Lipinski definition) is 3. The molecule has 1 saturated heterocycles. The zero-order valence-corrected chi connectivity index (χ0v) is 20.2. The quantitative estimate of drug-likeness (QED) is 0.554. The van der Waals surface area contributed by atoms with Gasteiger partial charge in [0.1, 0.15) is 17.6 Å². The van der Waals surface area contributed by atoms with Gasteiger partial charge in [0, 0.05) is 35.2 Å². The summed E-state index contributed by atoms with van der Waals surface area (Å²) in [6, 6.07) is 14.3. The molecule has 0 unspecified atom stereocenters. The first kappa shape index (κ1) is 23.7. The Balaban J connectivity index is 1.54. The Morgan fingerprint density at radius 3 is 2.58 bits per heavy atom. The minimum atomic E-state index is -0.697. The maximum Gasteiger partial charge on any atom is 0.337 e. The Morgan fingerprint density at radius 2 is 1.86 bits per heavy atom. The molecule has 2 aromatic carbocycles. The highest BCUT2D eigenvalue weighted by atomic mass is 16.5. The standard InChI is InChI=1S/C28H28N2O6/c1-15-25(28(34)36-19-13-24(33)29-14-19)26(16-6-5-7-18(31)10-16)27-21(30-15)11-17(12-22(27)32)20-8-3-4-9-23(20)35-2/h3-10,17,19,26,30-31H,11-14H2,1-2H3,(H,29,33)/t17-,19+,26-/m1/s1. The summed E-state index contributed by atoms with van der Waals surface area (Å²) in [4.78, 5) is 38.7. The Hall–Kier alpha value is -4.07. The molecule has 2 heterocycles. The Labute approximate surface area is 209 Å². The van der Waals surface area contributed by atoms with Crippen LogP contribution in [0.25, 0.3) is 0 Å². The van der Waals surface area contributed by atoms with E-state index in [4.69, 9.17) is 9.47 Å². The van der Waals surface area contributed by atoms with E-state index < -0.39 is 18.0 Å². The molecule has 8 nitrogen and oxygen atoms in total. The molecule has 186 valence electrons. The number of rotatable bonds is 5. The summed E-state index contributed by atoms with van der Waals surface area (Å²) < 4.78 is 11.2. The average molecular weight is 489 g/mol. The number of ketones is 1. The highest BCUT2D eigenvalue weighted by molar-refractivity contribution is 6.04. The summed E-state index contributed by atoms with van der Waals surface area (Å²) in [7, 11) is 1.61. The van der Waals surface area contributed by atoms with E-state index in [1.807, 2.05) is 24.3 Å². The Morgan fingerprint density at radius 1 is 1.06 bits per heavy atom. The number of nitrogens with one attached hydrogen (secondary N) is 2. The molecule has 3 aliphatic rings. The Bertz CT molecular complexity index is 1310. The van der Waals surface area contributed by atoms with Gasteiger partial charge in [0.2, 0.25) is 5.91 Å². The van der Waals surface area contributed by atoms with Crippen LogP contribution in [0.5, 0.6) is 11.5 Å². The minimum absolute atomic E-state index is 0.0410. The summed E-state index contributed by atoms with van der Waals surface area (Å²) in [5.41, 5.74) is 3.73. The van der Waals surface area contributed by atoms with Crippen LogP contribution in [0.1, 0.15) is 49.1 Å². The topological polar surface area (TPSA) is 114 Å². The fraction of sp³-hybridized carbons (Fsp3) is 0.321. The number of phenols is 1. The van der Waals surface area contributed by atoms with Gasteiger partial charge in [-0.25, -0.2) is 4.79 Å². The van der Waals surface area contributed by atoms with Gasteiger partial charge in [-0.3, -0.25) is 9.59 Å². The molecule has 0 saturated carbocycles. The van der Waals surface area contributed by atoms with E-state index in [0.717, 1.165) is 17.0 Å². The summed E-state index contributed by atoms with van der Waals surface area (Å²) in [5.74, 6) is -0.835. The van der Waals surface area contributed by atoms with Gasteiger partial charge in [-0.2, -0.15) is 0 Å². The SMILES string of the molecule is COc1ccccc1[C@H]1CC(=O)C2=C(C1)NC(C)=C(C(=O)O[C@@H]1CNC(=O)C1)[C@H]2c1cccc(O)c1. The number of allylic oxidation sites excluding steroid dienone is 3. The zero-order chi connectivity index (χ0) is 25.4. The first-order chi connectivity index (χ1) is 17.4. The zero-order valence-electron chi connectivity index (χ0n) is 20.2. The molecule has 8 heteroatoms. The van der Waals surface area contributed by atoms with Crippen LogP contribution in [0.3, 0.4) is 0 Å². The second-order valence-electron chi connectivity index (χ2n) is 9.39. The highest BCUT2D eigenvalue weighted by Crippen LogP contribution is 2.47. The molecular formula is C28H28N2O6. The monoisotopic (exact) mass is 488 g/mol. The highest BCUT2D eigenvalue weighted by Gasteiger charge is 2.42. The number of Topliss-reactive ketones (excluding diaryl/α,β-unsaturated/α-hetero) is 1. The van der Waals surface area contributed by atoms with Crippen LogP contribution in [0.2, 0.25) is 0 Å². The summed E-state index contributed by atoms with van der Waals surface area (Å²) >= 11 is 0. The predicted octanol–water partition coefficient (Wildman–Crippen LogP) is 3.19. The van der Waals surface area contributed by atoms with Crippen molar-refractivity contribution >= 4 is 17.7 Å². The second-order valence-corrected chi connectivity index (χ2v) is 9.39. The molecule has 1 aliphatic carbocycles. The first-order valence-corrected chi connectivity index (χ1v) is 12.0. The van der Waals surface area contributed by atoms with E-state index in [1.54, 1.807) is 38.3 Å². The summed E-state index contributed by atoms with van der Waals surface area (Å²) in [6.07, 6.45) is 0.369. The average Bonchev–Trinajstić information content (AvgIpc) is 3.27. The van der Waals surface area contributed by atoms with Crippen molar-refractivity contribution in [3.63, 3.8) is 0 Å². The number of amides is 1. The molecule has 5 rings (SSSR count). The fourth-order valence-electron chi connectivity index (χ4n) is 5.45. The van der Waals surface area contributed by atoms with Crippen molar-refractivity contribution < 1.29 is 29.0 Å². The van der Waals surface area contributed by atoms with Gasteiger partial charge < -0.3 is 25.2 Å². The van der Waals surface area contributed by atoms with Crippen LogP contribution < -0.4 is 15.4 Å². The number of aromatic hydroxyl groups is 1. The van der Waals surface area contributed by atoms with Gasteiger partial charge >= 0.3 is 5.97 Å². The number of ether oxygens (including phenoxy) is 2. The van der Waals surface area contributed by atoms with Crippen molar-refractivity contribution in [2.45, 2.75) is 44.1 Å². The summed E-state index contributed by atoms with van der Waals surface area (Å²) in [6.45, 7) is 2.04. The van der Waals surface area contributed by atoms with Gasteiger partial charge in [-0.05, 0) is 42.7 Å². The molecule has 2 aliphatic heterocycles. The maximum atomic E-state index is 13.7. The van der Waals surface area contributed by atoms with E-state index in [1.165, 1.54) is 0 Å². The lowest BCUT2D eigenvalue weighted by Crippen LogP contribution is -2.37. The van der Waals surface area contributed by atoms with E-state index in [2.05, 4.69) is 10.6 Å². The number of carbonyl (C=O) groups is 3. The molecule has 0 radical (unpaired) electrons. The molecule has 0 spiro atoms. The van der Waals surface area contributed by atoms with Crippen molar-refractivity contribution in [2.24, 2.45) is 0 Å². The molecule has 2 aromatic rings. The van der Waals surface area contributed by atoms with E-state index in [0.29, 0.717) is 28.8 Å². The number of benzene rings is 2. The van der Waals surface area contributed by atoms with Crippen LogP contribution in [0, 0.1) is 0 Å². The third kappa shape index (κ3) is 4.34. The number of methoxy groups -OCH3 is 1. The molecule has 3 atom stereocenters. The van der Waals surface area contributed by atoms with E-state index in [9.17, 15) is 19.5 Å². The van der Waals surface area contributed by atoms with E-state index >= 15 is 0 Å². The number of carbonyl (C=O) groups excluding carboxylic acids is 3. The van der Waals surface area contributed by atoms with Crippen molar-refractivity contribution in [1.29, 1.82) is 0 Å². The smallest absolute Gasteiger partial charge is 0.337 e.